The predicted molar refractivity (Wildman–Crippen MR) is 76.1 cm³/mol. The van der Waals surface area contributed by atoms with Gasteiger partial charge in [-0.1, -0.05) is 28.1 Å². The second-order valence-electron chi connectivity index (χ2n) is 3.55. The molecule has 2 N–H and O–H groups in total. The van der Waals surface area contributed by atoms with Crippen molar-refractivity contribution in [1.29, 1.82) is 0 Å². The van der Waals surface area contributed by atoms with Crippen LogP contribution in [0.1, 0.15) is 15.9 Å². The van der Waals surface area contributed by atoms with Gasteiger partial charge in [-0.25, -0.2) is 0 Å². The van der Waals surface area contributed by atoms with E-state index >= 15 is 0 Å². The number of halogens is 2. The van der Waals surface area contributed by atoms with E-state index < -0.39 is 0 Å². The molecule has 0 aliphatic carbocycles. The molecule has 0 unspecified atom stereocenters. The molecule has 2 aromatic carbocycles. The van der Waals surface area contributed by atoms with Crippen molar-refractivity contribution >= 4 is 43.3 Å². The van der Waals surface area contributed by atoms with E-state index in [9.17, 15) is 4.79 Å². The number of anilines is 1. The highest BCUT2D eigenvalue weighted by molar-refractivity contribution is 9.11. The Morgan fingerprint density at radius 1 is 1.00 bits per heavy atom. The molecule has 2 aromatic rings. The zero-order valence-electron chi connectivity index (χ0n) is 8.78. The van der Waals surface area contributed by atoms with Crippen LogP contribution in [0.2, 0.25) is 0 Å². The number of nitrogens with two attached hydrogens (primary N) is 1. The van der Waals surface area contributed by atoms with Crippen molar-refractivity contribution in [2.75, 3.05) is 5.73 Å². The molecule has 17 heavy (non-hydrogen) atoms. The minimum atomic E-state index is -0.0295. The molecule has 0 saturated heterocycles. The Kier molecular flexibility index (Phi) is 3.64. The summed E-state index contributed by atoms with van der Waals surface area (Å²) in [6.45, 7) is 0. The Bertz CT molecular complexity index is 581. The highest BCUT2D eigenvalue weighted by atomic mass is 79.9. The molecule has 0 aliphatic heterocycles. The van der Waals surface area contributed by atoms with E-state index in [1.165, 1.54) is 0 Å². The number of ketones is 1. The number of hydrogen-bond acceptors (Lipinski definition) is 2. The fourth-order valence-electron chi connectivity index (χ4n) is 1.47. The number of carbonyl (C=O) groups excluding carboxylic acids is 1. The van der Waals surface area contributed by atoms with Crippen LogP contribution in [0.4, 0.5) is 5.69 Å². The smallest absolute Gasteiger partial charge is 0.194 e. The average molecular weight is 355 g/mol. The molecule has 0 aromatic heterocycles. The number of nitrogen functional groups attached to an aromatic ring is 1. The molecule has 0 aliphatic rings. The van der Waals surface area contributed by atoms with Gasteiger partial charge in [-0.15, -0.1) is 0 Å². The third kappa shape index (κ3) is 2.58. The highest BCUT2D eigenvalue weighted by Gasteiger charge is 2.12. The Hall–Kier alpha value is -1.13. The molecule has 4 heteroatoms. The Labute approximate surface area is 116 Å². The SMILES string of the molecule is Nc1ccc(C(=O)c2ccccc2Br)cc1Br. The first-order chi connectivity index (χ1) is 8.09. The van der Waals surface area contributed by atoms with Crippen LogP contribution in [0.15, 0.2) is 51.4 Å². The summed E-state index contributed by atoms with van der Waals surface area (Å²) in [5, 5.41) is 0. The maximum Gasteiger partial charge on any atom is 0.194 e. The molecule has 0 fully saturated rings. The third-order valence-corrected chi connectivity index (χ3v) is 3.76. The van der Waals surface area contributed by atoms with Crippen molar-refractivity contribution in [3.8, 4) is 0 Å². The Morgan fingerprint density at radius 2 is 1.71 bits per heavy atom. The van der Waals surface area contributed by atoms with Gasteiger partial charge < -0.3 is 5.73 Å². The van der Waals surface area contributed by atoms with Crippen LogP contribution in [0.5, 0.6) is 0 Å². The molecule has 0 heterocycles. The van der Waals surface area contributed by atoms with E-state index in [0.29, 0.717) is 16.8 Å². The van der Waals surface area contributed by atoms with E-state index in [4.69, 9.17) is 5.73 Å². The molecule has 0 bridgehead atoms. The summed E-state index contributed by atoms with van der Waals surface area (Å²) in [6, 6.07) is 12.5. The molecule has 0 amide bonds. The Balaban J connectivity index is 2.44. The van der Waals surface area contributed by atoms with Gasteiger partial charge in [0.15, 0.2) is 5.78 Å². The van der Waals surface area contributed by atoms with Crippen molar-refractivity contribution in [2.45, 2.75) is 0 Å². The highest BCUT2D eigenvalue weighted by Crippen LogP contribution is 2.24. The van der Waals surface area contributed by atoms with Gasteiger partial charge in [0.2, 0.25) is 0 Å². The fourth-order valence-corrected chi connectivity index (χ4v) is 2.31. The molecule has 0 radical (unpaired) electrons. The number of carbonyl (C=O) groups is 1. The standard InChI is InChI=1S/C13H9Br2NO/c14-10-4-2-1-3-9(10)13(17)8-5-6-12(16)11(15)7-8/h1-7H,16H2. The predicted octanol–water partition coefficient (Wildman–Crippen LogP) is 4.02. The average Bonchev–Trinajstić information content (AvgIpc) is 2.32. The van der Waals surface area contributed by atoms with Crippen LogP contribution in [0.25, 0.3) is 0 Å². The first kappa shape index (κ1) is 12.3. The lowest BCUT2D eigenvalue weighted by atomic mass is 10.0. The van der Waals surface area contributed by atoms with Crippen LogP contribution < -0.4 is 5.73 Å². The zero-order valence-corrected chi connectivity index (χ0v) is 12.0. The molecule has 2 rings (SSSR count). The topological polar surface area (TPSA) is 43.1 Å². The zero-order chi connectivity index (χ0) is 12.4. The van der Waals surface area contributed by atoms with E-state index in [0.717, 1.165) is 8.95 Å². The van der Waals surface area contributed by atoms with E-state index in [1.807, 2.05) is 18.2 Å². The van der Waals surface area contributed by atoms with Gasteiger partial charge >= 0.3 is 0 Å². The largest absolute Gasteiger partial charge is 0.398 e. The fraction of sp³-hybridized carbons (Fsp3) is 0. The van der Waals surface area contributed by atoms with Crippen molar-refractivity contribution in [2.24, 2.45) is 0 Å². The normalized spacial score (nSPS) is 10.2. The monoisotopic (exact) mass is 353 g/mol. The number of benzene rings is 2. The van der Waals surface area contributed by atoms with Crippen LogP contribution in [-0.4, -0.2) is 5.78 Å². The second kappa shape index (κ2) is 5.02. The van der Waals surface area contributed by atoms with E-state index in [1.54, 1.807) is 24.3 Å². The van der Waals surface area contributed by atoms with Gasteiger partial charge in [0.25, 0.3) is 0 Å². The van der Waals surface area contributed by atoms with E-state index in [2.05, 4.69) is 31.9 Å². The molecular formula is C13H9Br2NO. The molecule has 0 atom stereocenters. The minimum Gasteiger partial charge on any atom is -0.398 e. The van der Waals surface area contributed by atoms with Gasteiger partial charge in [0, 0.05) is 25.8 Å². The third-order valence-electron chi connectivity index (χ3n) is 2.38. The summed E-state index contributed by atoms with van der Waals surface area (Å²) in [5.41, 5.74) is 7.56. The molecule has 0 saturated carbocycles. The summed E-state index contributed by atoms with van der Waals surface area (Å²) in [5.74, 6) is -0.0295. The molecule has 0 spiro atoms. The Morgan fingerprint density at radius 3 is 2.35 bits per heavy atom. The van der Waals surface area contributed by atoms with Crippen LogP contribution in [0, 0.1) is 0 Å². The molecule has 2 nitrogen and oxygen atoms in total. The lowest BCUT2D eigenvalue weighted by Crippen LogP contribution is -2.02. The maximum absolute atomic E-state index is 12.2. The first-order valence-electron chi connectivity index (χ1n) is 4.94. The van der Waals surface area contributed by atoms with Crippen molar-refractivity contribution in [1.82, 2.24) is 0 Å². The molecular weight excluding hydrogens is 346 g/mol. The van der Waals surface area contributed by atoms with E-state index in [-0.39, 0.29) is 5.78 Å². The van der Waals surface area contributed by atoms with Gasteiger partial charge in [0.05, 0.1) is 0 Å². The number of rotatable bonds is 2. The second-order valence-corrected chi connectivity index (χ2v) is 5.25. The van der Waals surface area contributed by atoms with Crippen LogP contribution >= 0.6 is 31.9 Å². The van der Waals surface area contributed by atoms with Gasteiger partial charge in [-0.05, 0) is 46.3 Å². The van der Waals surface area contributed by atoms with Crippen molar-refractivity contribution < 1.29 is 4.79 Å². The summed E-state index contributed by atoms with van der Waals surface area (Å²) < 4.78 is 1.52. The maximum atomic E-state index is 12.2. The quantitative estimate of drug-likeness (QED) is 0.653. The van der Waals surface area contributed by atoms with Crippen LogP contribution in [0.3, 0.4) is 0 Å². The lowest BCUT2D eigenvalue weighted by molar-refractivity contribution is 0.103. The lowest BCUT2D eigenvalue weighted by Gasteiger charge is -2.05. The number of hydrogen-bond donors (Lipinski definition) is 1. The first-order valence-corrected chi connectivity index (χ1v) is 6.52. The van der Waals surface area contributed by atoms with Gasteiger partial charge in [0.1, 0.15) is 0 Å². The summed E-state index contributed by atoms with van der Waals surface area (Å²) in [7, 11) is 0. The van der Waals surface area contributed by atoms with Gasteiger partial charge in [-0.3, -0.25) is 4.79 Å². The summed E-state index contributed by atoms with van der Waals surface area (Å²) in [4.78, 5) is 12.2. The minimum absolute atomic E-state index is 0.0295. The van der Waals surface area contributed by atoms with Gasteiger partial charge in [-0.2, -0.15) is 0 Å². The summed E-state index contributed by atoms with van der Waals surface area (Å²) in [6.07, 6.45) is 0. The van der Waals surface area contributed by atoms with Crippen molar-refractivity contribution in [3.05, 3.63) is 62.5 Å². The van der Waals surface area contributed by atoms with Crippen LogP contribution in [-0.2, 0) is 0 Å². The molecule has 86 valence electrons. The van der Waals surface area contributed by atoms with Crippen molar-refractivity contribution in [3.63, 3.8) is 0 Å². The summed E-state index contributed by atoms with van der Waals surface area (Å²) >= 11 is 6.69.